The van der Waals surface area contributed by atoms with Gasteiger partial charge in [-0.1, -0.05) is 19.1 Å². The molecule has 1 aliphatic rings. The fraction of sp³-hybridized carbons (Fsp3) is 0.500. The zero-order valence-corrected chi connectivity index (χ0v) is 18.2. The van der Waals surface area contributed by atoms with Crippen LogP contribution in [0, 0.1) is 0 Å². The standard InChI is InChI=1S/C24H34N2O3/c1-5-14-28-20-9-7-18(8-10-20)24-21-17-23(29-15-6-13-26(2)3)22(27-4)16-19(21)11-12-25-24/h7-10,16-17,24-25H,5-6,11-15H2,1-4H3. The third kappa shape index (κ3) is 5.64. The summed E-state index contributed by atoms with van der Waals surface area (Å²) in [6.07, 6.45) is 2.98. The summed E-state index contributed by atoms with van der Waals surface area (Å²) in [5.41, 5.74) is 3.82. The van der Waals surface area contributed by atoms with Crippen molar-refractivity contribution in [2.75, 3.05) is 47.5 Å². The first-order valence-electron chi connectivity index (χ1n) is 10.6. The number of methoxy groups -OCH3 is 1. The van der Waals surface area contributed by atoms with Crippen molar-refractivity contribution < 1.29 is 14.2 Å². The van der Waals surface area contributed by atoms with Gasteiger partial charge in [-0.25, -0.2) is 0 Å². The van der Waals surface area contributed by atoms with Gasteiger partial charge in [0.15, 0.2) is 11.5 Å². The van der Waals surface area contributed by atoms with Gasteiger partial charge in [-0.2, -0.15) is 0 Å². The van der Waals surface area contributed by atoms with Gasteiger partial charge in [0.2, 0.25) is 0 Å². The normalized spacial score (nSPS) is 15.8. The van der Waals surface area contributed by atoms with Gasteiger partial charge in [0.1, 0.15) is 5.75 Å². The summed E-state index contributed by atoms with van der Waals surface area (Å²) in [4.78, 5) is 2.17. The highest BCUT2D eigenvalue weighted by Crippen LogP contribution is 2.38. The van der Waals surface area contributed by atoms with Crippen LogP contribution in [0.15, 0.2) is 36.4 Å². The van der Waals surface area contributed by atoms with Crippen molar-refractivity contribution in [2.45, 2.75) is 32.2 Å². The molecule has 2 aromatic carbocycles. The van der Waals surface area contributed by atoms with E-state index in [4.69, 9.17) is 14.2 Å². The van der Waals surface area contributed by atoms with Crippen LogP contribution in [0.3, 0.4) is 0 Å². The Labute approximate surface area is 175 Å². The summed E-state index contributed by atoms with van der Waals surface area (Å²) in [6, 6.07) is 12.9. The molecule has 5 heteroatoms. The van der Waals surface area contributed by atoms with Crippen LogP contribution >= 0.6 is 0 Å². The van der Waals surface area contributed by atoms with E-state index in [1.54, 1.807) is 7.11 Å². The van der Waals surface area contributed by atoms with Crippen LogP contribution in [-0.4, -0.2) is 52.4 Å². The van der Waals surface area contributed by atoms with Crippen molar-refractivity contribution >= 4 is 0 Å². The van der Waals surface area contributed by atoms with E-state index in [0.717, 1.165) is 56.2 Å². The summed E-state index contributed by atoms with van der Waals surface area (Å²) in [6.45, 7) is 5.49. The average Bonchev–Trinajstić information content (AvgIpc) is 2.74. The molecule has 0 spiro atoms. The predicted octanol–water partition coefficient (Wildman–Crippen LogP) is 4.05. The quantitative estimate of drug-likeness (QED) is 0.612. The van der Waals surface area contributed by atoms with Crippen LogP contribution in [0.1, 0.15) is 42.5 Å². The third-order valence-corrected chi connectivity index (χ3v) is 5.17. The number of nitrogens with zero attached hydrogens (tertiary/aromatic N) is 1. The zero-order valence-electron chi connectivity index (χ0n) is 18.2. The Hall–Kier alpha value is -2.24. The topological polar surface area (TPSA) is 43.0 Å². The lowest BCUT2D eigenvalue weighted by Gasteiger charge is -2.29. The molecular weight excluding hydrogens is 364 g/mol. The molecule has 3 rings (SSSR count). The number of rotatable bonds is 10. The van der Waals surface area contributed by atoms with Gasteiger partial charge in [-0.15, -0.1) is 0 Å². The second-order valence-electron chi connectivity index (χ2n) is 7.76. The Bertz CT molecular complexity index is 774. The van der Waals surface area contributed by atoms with Crippen molar-refractivity contribution in [1.29, 1.82) is 0 Å². The predicted molar refractivity (Wildman–Crippen MR) is 117 cm³/mol. The van der Waals surface area contributed by atoms with Crippen LogP contribution in [0.2, 0.25) is 0 Å². The monoisotopic (exact) mass is 398 g/mol. The molecule has 0 saturated heterocycles. The van der Waals surface area contributed by atoms with Crippen molar-refractivity contribution in [3.05, 3.63) is 53.1 Å². The minimum atomic E-state index is 0.147. The molecule has 29 heavy (non-hydrogen) atoms. The Morgan fingerprint density at radius 2 is 1.83 bits per heavy atom. The highest BCUT2D eigenvalue weighted by Gasteiger charge is 2.24. The summed E-state index contributed by atoms with van der Waals surface area (Å²) in [5, 5.41) is 3.66. The molecule has 1 atom stereocenters. The van der Waals surface area contributed by atoms with Gasteiger partial charge >= 0.3 is 0 Å². The van der Waals surface area contributed by atoms with Crippen LogP contribution in [0.5, 0.6) is 17.2 Å². The van der Waals surface area contributed by atoms with E-state index in [1.165, 1.54) is 16.7 Å². The van der Waals surface area contributed by atoms with Gasteiger partial charge in [-0.05, 0) is 74.3 Å². The van der Waals surface area contributed by atoms with Crippen LogP contribution < -0.4 is 19.5 Å². The maximum atomic E-state index is 6.09. The van der Waals surface area contributed by atoms with Gasteiger partial charge in [0, 0.05) is 13.1 Å². The van der Waals surface area contributed by atoms with E-state index < -0.39 is 0 Å². The largest absolute Gasteiger partial charge is 0.494 e. The van der Waals surface area contributed by atoms with Crippen molar-refractivity contribution in [3.8, 4) is 17.2 Å². The molecule has 0 aliphatic carbocycles. The summed E-state index contributed by atoms with van der Waals surface area (Å²) in [5.74, 6) is 2.56. The molecule has 0 fully saturated rings. The molecule has 5 nitrogen and oxygen atoms in total. The molecule has 0 aromatic heterocycles. The van der Waals surface area contributed by atoms with E-state index in [1.807, 2.05) is 0 Å². The Kier molecular flexibility index (Phi) is 7.78. The summed E-state index contributed by atoms with van der Waals surface area (Å²) >= 11 is 0. The first-order valence-corrected chi connectivity index (χ1v) is 10.6. The van der Waals surface area contributed by atoms with Crippen molar-refractivity contribution in [1.82, 2.24) is 10.2 Å². The van der Waals surface area contributed by atoms with E-state index in [-0.39, 0.29) is 6.04 Å². The second kappa shape index (κ2) is 10.5. The first kappa shape index (κ1) is 21.5. The fourth-order valence-corrected chi connectivity index (χ4v) is 3.67. The van der Waals surface area contributed by atoms with E-state index >= 15 is 0 Å². The lowest BCUT2D eigenvalue weighted by atomic mass is 9.89. The smallest absolute Gasteiger partial charge is 0.161 e. The Balaban J connectivity index is 1.80. The second-order valence-corrected chi connectivity index (χ2v) is 7.76. The summed E-state index contributed by atoms with van der Waals surface area (Å²) < 4.78 is 17.4. The van der Waals surface area contributed by atoms with Gasteiger partial charge in [-0.3, -0.25) is 0 Å². The van der Waals surface area contributed by atoms with Crippen LogP contribution in [-0.2, 0) is 6.42 Å². The molecule has 1 aliphatic heterocycles. The molecule has 1 heterocycles. The first-order chi connectivity index (χ1) is 14.1. The number of nitrogens with one attached hydrogen (secondary N) is 1. The molecule has 0 radical (unpaired) electrons. The molecule has 0 amide bonds. The number of ether oxygens (including phenoxy) is 3. The molecule has 0 bridgehead atoms. The Morgan fingerprint density at radius 1 is 1.03 bits per heavy atom. The third-order valence-electron chi connectivity index (χ3n) is 5.17. The lowest BCUT2D eigenvalue weighted by Crippen LogP contribution is -2.30. The minimum Gasteiger partial charge on any atom is -0.494 e. The number of hydrogen-bond donors (Lipinski definition) is 1. The van der Waals surface area contributed by atoms with Crippen molar-refractivity contribution in [3.63, 3.8) is 0 Å². The Morgan fingerprint density at radius 3 is 2.52 bits per heavy atom. The van der Waals surface area contributed by atoms with Gasteiger partial charge in [0.05, 0.1) is 26.4 Å². The lowest BCUT2D eigenvalue weighted by molar-refractivity contribution is 0.267. The van der Waals surface area contributed by atoms with E-state index in [2.05, 4.69) is 67.6 Å². The highest BCUT2D eigenvalue weighted by atomic mass is 16.5. The van der Waals surface area contributed by atoms with E-state index in [9.17, 15) is 0 Å². The number of fused-ring (bicyclic) bond motifs is 1. The van der Waals surface area contributed by atoms with Gasteiger partial charge < -0.3 is 24.4 Å². The van der Waals surface area contributed by atoms with E-state index in [0.29, 0.717) is 6.61 Å². The zero-order chi connectivity index (χ0) is 20.6. The summed E-state index contributed by atoms with van der Waals surface area (Å²) in [7, 11) is 5.87. The molecule has 2 aromatic rings. The number of benzene rings is 2. The highest BCUT2D eigenvalue weighted by molar-refractivity contribution is 5.52. The molecule has 1 N–H and O–H groups in total. The van der Waals surface area contributed by atoms with Crippen molar-refractivity contribution in [2.24, 2.45) is 0 Å². The number of hydrogen-bond acceptors (Lipinski definition) is 5. The fourth-order valence-electron chi connectivity index (χ4n) is 3.67. The van der Waals surface area contributed by atoms with Gasteiger partial charge in [0.25, 0.3) is 0 Å². The molecule has 1 unspecified atom stereocenters. The van der Waals surface area contributed by atoms with Crippen LogP contribution in [0.4, 0.5) is 0 Å². The molecular formula is C24H34N2O3. The maximum Gasteiger partial charge on any atom is 0.161 e. The maximum absolute atomic E-state index is 6.09. The van der Waals surface area contributed by atoms with Crippen LogP contribution in [0.25, 0.3) is 0 Å². The SMILES string of the molecule is CCCOc1ccc(C2NCCc3cc(OC)c(OCCCN(C)C)cc32)cc1. The molecule has 158 valence electrons. The molecule has 0 saturated carbocycles. The minimum absolute atomic E-state index is 0.147. The average molecular weight is 399 g/mol.